The van der Waals surface area contributed by atoms with E-state index in [0.29, 0.717) is 19.6 Å². The summed E-state index contributed by atoms with van der Waals surface area (Å²) >= 11 is 0. The van der Waals surface area contributed by atoms with Crippen molar-refractivity contribution in [2.24, 2.45) is 0 Å². The van der Waals surface area contributed by atoms with Gasteiger partial charge in [0.15, 0.2) is 0 Å². The lowest BCUT2D eigenvalue weighted by Crippen LogP contribution is -1.93. The van der Waals surface area contributed by atoms with Crippen LogP contribution in [-0.2, 0) is 16.1 Å². The number of benzene rings is 1. The Morgan fingerprint density at radius 2 is 2.06 bits per heavy atom. The van der Waals surface area contributed by atoms with Crippen molar-refractivity contribution in [2.75, 3.05) is 6.61 Å². The Morgan fingerprint density at radius 3 is 2.75 bits per heavy atom. The molecule has 0 aliphatic carbocycles. The molecule has 0 unspecified atom stereocenters. The Labute approximate surface area is 96.9 Å². The molecule has 0 amide bonds. The molecule has 0 N–H and O–H groups in total. The third-order valence-corrected chi connectivity index (χ3v) is 2.32. The van der Waals surface area contributed by atoms with E-state index in [1.165, 1.54) is 11.1 Å². The minimum absolute atomic E-state index is 0.598. The first-order chi connectivity index (χ1) is 7.83. The molecule has 16 heavy (non-hydrogen) atoms. The molecule has 1 rings (SSSR count). The Morgan fingerprint density at radius 1 is 1.31 bits per heavy atom. The van der Waals surface area contributed by atoms with Crippen molar-refractivity contribution < 1.29 is 9.53 Å². The normalized spacial score (nSPS) is 11.4. The molecule has 0 fully saturated rings. The van der Waals surface area contributed by atoms with Crippen LogP contribution in [0.25, 0.3) is 0 Å². The van der Waals surface area contributed by atoms with E-state index in [1.807, 2.05) is 43.3 Å². The van der Waals surface area contributed by atoms with Gasteiger partial charge in [-0.15, -0.1) is 0 Å². The topological polar surface area (TPSA) is 26.3 Å². The molecular formula is C14H18O2. The molecule has 1 aromatic carbocycles. The van der Waals surface area contributed by atoms with Crippen LogP contribution in [0.4, 0.5) is 0 Å². The Kier molecular flexibility index (Phi) is 6.19. The van der Waals surface area contributed by atoms with Crippen molar-refractivity contribution >= 4 is 6.29 Å². The summed E-state index contributed by atoms with van der Waals surface area (Å²) in [5, 5.41) is 0. The summed E-state index contributed by atoms with van der Waals surface area (Å²) in [6.07, 6.45) is 4.41. The summed E-state index contributed by atoms with van der Waals surface area (Å²) in [5.41, 5.74) is 2.39. The predicted octanol–water partition coefficient (Wildman–Crippen LogP) is 3.13. The van der Waals surface area contributed by atoms with Crippen LogP contribution < -0.4 is 0 Å². The number of hydrogen-bond donors (Lipinski definition) is 0. The number of rotatable bonds is 7. The zero-order chi connectivity index (χ0) is 11.6. The number of ether oxygens (including phenoxy) is 1. The summed E-state index contributed by atoms with van der Waals surface area (Å²) in [6.45, 7) is 3.27. The van der Waals surface area contributed by atoms with Crippen LogP contribution in [-0.4, -0.2) is 12.9 Å². The molecule has 0 spiro atoms. The van der Waals surface area contributed by atoms with Crippen molar-refractivity contribution in [3.8, 4) is 0 Å². The summed E-state index contributed by atoms with van der Waals surface area (Å²) < 4.78 is 5.51. The van der Waals surface area contributed by atoms with Crippen molar-refractivity contribution in [3.05, 3.63) is 47.5 Å². The van der Waals surface area contributed by atoms with Crippen molar-refractivity contribution in [3.63, 3.8) is 0 Å². The van der Waals surface area contributed by atoms with Crippen LogP contribution in [0.15, 0.2) is 42.0 Å². The first-order valence-corrected chi connectivity index (χ1v) is 5.54. The highest BCUT2D eigenvalue weighted by molar-refractivity contribution is 5.49. The maximum absolute atomic E-state index is 10.2. The van der Waals surface area contributed by atoms with Gasteiger partial charge in [0.05, 0.1) is 13.2 Å². The van der Waals surface area contributed by atoms with Gasteiger partial charge in [0, 0.05) is 6.42 Å². The monoisotopic (exact) mass is 218 g/mol. The Hall–Kier alpha value is -1.41. The predicted molar refractivity (Wildman–Crippen MR) is 65.2 cm³/mol. The quantitative estimate of drug-likeness (QED) is 0.399. The summed E-state index contributed by atoms with van der Waals surface area (Å²) in [7, 11) is 0. The zero-order valence-electron chi connectivity index (χ0n) is 9.69. The smallest absolute Gasteiger partial charge is 0.120 e. The number of carbonyl (C=O) groups excluding carboxylic acids is 1. The van der Waals surface area contributed by atoms with Crippen molar-refractivity contribution in [2.45, 2.75) is 26.4 Å². The van der Waals surface area contributed by atoms with E-state index in [9.17, 15) is 4.79 Å². The second-order valence-corrected chi connectivity index (χ2v) is 3.76. The van der Waals surface area contributed by atoms with Crippen LogP contribution >= 0.6 is 0 Å². The maximum atomic E-state index is 10.2. The van der Waals surface area contributed by atoms with Gasteiger partial charge < -0.3 is 9.53 Å². The van der Waals surface area contributed by atoms with Gasteiger partial charge in [-0.05, 0) is 18.9 Å². The highest BCUT2D eigenvalue weighted by Gasteiger charge is 1.91. The van der Waals surface area contributed by atoms with Gasteiger partial charge in [0.1, 0.15) is 6.29 Å². The van der Waals surface area contributed by atoms with E-state index in [0.717, 1.165) is 12.7 Å². The van der Waals surface area contributed by atoms with E-state index >= 15 is 0 Å². The molecule has 0 bridgehead atoms. The molecule has 0 aliphatic rings. The summed E-state index contributed by atoms with van der Waals surface area (Å²) in [6, 6.07) is 10.1. The fourth-order valence-electron chi connectivity index (χ4n) is 1.34. The van der Waals surface area contributed by atoms with E-state index in [2.05, 4.69) is 0 Å². The number of carbonyl (C=O) groups is 1. The van der Waals surface area contributed by atoms with E-state index in [4.69, 9.17) is 4.74 Å². The summed E-state index contributed by atoms with van der Waals surface area (Å²) in [4.78, 5) is 10.2. The van der Waals surface area contributed by atoms with Gasteiger partial charge in [0.2, 0.25) is 0 Å². The van der Waals surface area contributed by atoms with E-state index < -0.39 is 0 Å². The second-order valence-electron chi connectivity index (χ2n) is 3.76. The van der Waals surface area contributed by atoms with Gasteiger partial charge in [0.25, 0.3) is 0 Å². The molecule has 0 saturated carbocycles. The van der Waals surface area contributed by atoms with Crippen LogP contribution in [0, 0.1) is 0 Å². The van der Waals surface area contributed by atoms with Crippen LogP contribution in [0.3, 0.4) is 0 Å². The molecule has 0 heterocycles. The maximum Gasteiger partial charge on any atom is 0.120 e. The average molecular weight is 218 g/mol. The molecule has 0 saturated heterocycles. The number of allylic oxidation sites excluding steroid dienone is 1. The van der Waals surface area contributed by atoms with Crippen molar-refractivity contribution in [1.82, 2.24) is 0 Å². The zero-order valence-corrected chi connectivity index (χ0v) is 9.69. The van der Waals surface area contributed by atoms with Crippen molar-refractivity contribution in [1.29, 1.82) is 0 Å². The largest absolute Gasteiger partial charge is 0.373 e. The van der Waals surface area contributed by atoms with Crippen LogP contribution in [0.1, 0.15) is 25.3 Å². The highest BCUT2D eigenvalue weighted by Crippen LogP contribution is 2.03. The molecule has 1 aromatic rings. The second kappa shape index (κ2) is 7.83. The first kappa shape index (κ1) is 12.7. The third kappa shape index (κ3) is 5.47. The minimum Gasteiger partial charge on any atom is -0.373 e. The van der Waals surface area contributed by atoms with Gasteiger partial charge in [-0.3, -0.25) is 0 Å². The molecule has 2 heteroatoms. The van der Waals surface area contributed by atoms with Crippen LogP contribution in [0.5, 0.6) is 0 Å². The first-order valence-electron chi connectivity index (χ1n) is 5.54. The number of aldehydes is 1. The highest BCUT2D eigenvalue weighted by atomic mass is 16.5. The molecule has 86 valence electrons. The van der Waals surface area contributed by atoms with Gasteiger partial charge >= 0.3 is 0 Å². The molecule has 0 aliphatic heterocycles. The average Bonchev–Trinajstić information content (AvgIpc) is 2.33. The molecule has 0 atom stereocenters. The molecule has 2 nitrogen and oxygen atoms in total. The molecular weight excluding hydrogens is 200 g/mol. The lowest BCUT2D eigenvalue weighted by Gasteiger charge is -2.02. The van der Waals surface area contributed by atoms with E-state index in [-0.39, 0.29) is 0 Å². The summed E-state index contributed by atoms with van der Waals surface area (Å²) in [5.74, 6) is 0. The van der Waals surface area contributed by atoms with Crippen LogP contribution in [0.2, 0.25) is 0 Å². The SMILES string of the molecule is C/C(=C\COCc1ccccc1)CCC=O. The Bertz CT molecular complexity index is 328. The fourth-order valence-corrected chi connectivity index (χ4v) is 1.34. The lowest BCUT2D eigenvalue weighted by atomic mass is 10.2. The minimum atomic E-state index is 0.598. The molecule has 0 aromatic heterocycles. The lowest BCUT2D eigenvalue weighted by molar-refractivity contribution is -0.107. The number of hydrogen-bond acceptors (Lipinski definition) is 2. The molecule has 0 radical (unpaired) electrons. The van der Waals surface area contributed by atoms with Gasteiger partial charge in [-0.1, -0.05) is 42.0 Å². The van der Waals surface area contributed by atoms with Gasteiger partial charge in [-0.25, -0.2) is 0 Å². The third-order valence-electron chi connectivity index (χ3n) is 2.32. The Balaban J connectivity index is 2.18. The fraction of sp³-hybridized carbons (Fsp3) is 0.357. The standard InChI is InChI=1S/C14H18O2/c1-13(6-5-10-15)9-11-16-12-14-7-3-2-4-8-14/h2-4,7-10H,5-6,11-12H2,1H3/b13-9+. The van der Waals surface area contributed by atoms with E-state index in [1.54, 1.807) is 0 Å². The van der Waals surface area contributed by atoms with Gasteiger partial charge in [-0.2, -0.15) is 0 Å².